The van der Waals surface area contributed by atoms with Crippen molar-refractivity contribution in [1.82, 2.24) is 9.55 Å². The summed E-state index contributed by atoms with van der Waals surface area (Å²) >= 11 is 0. The van der Waals surface area contributed by atoms with E-state index in [0.717, 1.165) is 29.6 Å². The second-order valence-corrected chi connectivity index (χ2v) is 7.83. The maximum absolute atomic E-state index is 5.92. The molecule has 3 rings (SSSR count). The van der Waals surface area contributed by atoms with Gasteiger partial charge in [0, 0.05) is 17.6 Å². The van der Waals surface area contributed by atoms with E-state index in [4.69, 9.17) is 10.7 Å². The van der Waals surface area contributed by atoms with Crippen molar-refractivity contribution in [3.05, 3.63) is 24.0 Å². The van der Waals surface area contributed by atoms with Crippen molar-refractivity contribution in [3.63, 3.8) is 0 Å². The number of fused-ring (bicyclic) bond motifs is 1. The van der Waals surface area contributed by atoms with Gasteiger partial charge in [0.1, 0.15) is 5.82 Å². The van der Waals surface area contributed by atoms with Gasteiger partial charge < -0.3 is 10.3 Å². The van der Waals surface area contributed by atoms with Crippen LogP contribution in [0.5, 0.6) is 0 Å². The fourth-order valence-corrected chi connectivity index (χ4v) is 3.65. The molecule has 1 aliphatic rings. The maximum Gasteiger partial charge on any atom is 0.115 e. The van der Waals surface area contributed by atoms with Crippen LogP contribution in [0.4, 0.5) is 5.69 Å². The summed E-state index contributed by atoms with van der Waals surface area (Å²) in [6, 6.07) is 6.12. The minimum atomic E-state index is 0.0536. The molecule has 114 valence electrons. The Morgan fingerprint density at radius 2 is 2.05 bits per heavy atom. The molecule has 1 saturated carbocycles. The van der Waals surface area contributed by atoms with Crippen LogP contribution in [0.1, 0.15) is 52.8 Å². The molecule has 1 heterocycles. The van der Waals surface area contributed by atoms with E-state index in [2.05, 4.69) is 38.3 Å². The molecule has 2 aromatic rings. The molecule has 0 saturated heterocycles. The van der Waals surface area contributed by atoms with Gasteiger partial charge >= 0.3 is 0 Å². The number of imidazole rings is 1. The highest BCUT2D eigenvalue weighted by Gasteiger charge is 2.27. The fraction of sp³-hybridized carbons (Fsp3) is 0.611. The van der Waals surface area contributed by atoms with Crippen LogP contribution in [0.15, 0.2) is 18.2 Å². The standard InChI is InChI=1S/C18H27N3/c1-12-5-6-13(9-12)11-21-16-8-7-14(19)10-15(16)20-17(21)18(2,3)4/h7-8,10,12-13H,5-6,9,11,19H2,1-4H3. The number of hydrogen-bond donors (Lipinski definition) is 1. The zero-order valence-corrected chi connectivity index (χ0v) is 13.7. The maximum atomic E-state index is 5.92. The number of aromatic nitrogens is 2. The molecule has 0 aliphatic heterocycles. The van der Waals surface area contributed by atoms with Gasteiger partial charge in [-0.1, -0.05) is 34.1 Å². The molecule has 0 amide bonds. The van der Waals surface area contributed by atoms with Crippen LogP contribution in [0, 0.1) is 11.8 Å². The SMILES string of the molecule is CC1CCC(Cn2c(C(C)(C)C)nc3cc(N)ccc32)C1. The van der Waals surface area contributed by atoms with Crippen molar-refractivity contribution in [3.8, 4) is 0 Å². The molecule has 2 unspecified atom stereocenters. The molecule has 0 spiro atoms. The highest BCUT2D eigenvalue weighted by atomic mass is 15.1. The Labute approximate surface area is 127 Å². The lowest BCUT2D eigenvalue weighted by Gasteiger charge is -2.22. The van der Waals surface area contributed by atoms with Crippen LogP contribution in [-0.2, 0) is 12.0 Å². The van der Waals surface area contributed by atoms with E-state index in [1.54, 1.807) is 0 Å². The second kappa shape index (κ2) is 5.04. The van der Waals surface area contributed by atoms with Gasteiger partial charge in [-0.25, -0.2) is 4.98 Å². The predicted molar refractivity (Wildman–Crippen MR) is 89.4 cm³/mol. The van der Waals surface area contributed by atoms with Gasteiger partial charge in [0.05, 0.1) is 11.0 Å². The lowest BCUT2D eigenvalue weighted by Crippen LogP contribution is -2.21. The first kappa shape index (κ1) is 14.4. The molecule has 0 radical (unpaired) electrons. The Bertz CT molecular complexity index is 648. The number of nitrogens with two attached hydrogens (primary N) is 1. The largest absolute Gasteiger partial charge is 0.399 e. The molecular formula is C18H27N3. The summed E-state index contributed by atoms with van der Waals surface area (Å²) < 4.78 is 2.44. The first-order valence-corrected chi connectivity index (χ1v) is 8.11. The second-order valence-electron chi connectivity index (χ2n) is 7.83. The summed E-state index contributed by atoms with van der Waals surface area (Å²) in [5.74, 6) is 2.84. The van der Waals surface area contributed by atoms with Crippen molar-refractivity contribution < 1.29 is 0 Å². The predicted octanol–water partition coefficient (Wildman–Crippen LogP) is 4.35. The summed E-state index contributed by atoms with van der Waals surface area (Å²) in [7, 11) is 0. The van der Waals surface area contributed by atoms with Crippen molar-refractivity contribution >= 4 is 16.7 Å². The number of nitrogen functional groups attached to an aromatic ring is 1. The van der Waals surface area contributed by atoms with E-state index < -0.39 is 0 Å². The lowest BCUT2D eigenvalue weighted by molar-refractivity contribution is 0.413. The van der Waals surface area contributed by atoms with E-state index in [-0.39, 0.29) is 5.41 Å². The van der Waals surface area contributed by atoms with Gasteiger partial charge in [0.15, 0.2) is 0 Å². The number of hydrogen-bond acceptors (Lipinski definition) is 2. The molecule has 1 fully saturated rings. The van der Waals surface area contributed by atoms with E-state index >= 15 is 0 Å². The molecule has 3 nitrogen and oxygen atoms in total. The molecule has 2 atom stereocenters. The fourth-order valence-electron chi connectivity index (χ4n) is 3.65. The number of benzene rings is 1. The molecule has 1 aromatic heterocycles. The van der Waals surface area contributed by atoms with Gasteiger partial charge in [0.25, 0.3) is 0 Å². The van der Waals surface area contributed by atoms with Crippen LogP contribution < -0.4 is 5.73 Å². The Kier molecular flexibility index (Phi) is 3.46. The summed E-state index contributed by atoms with van der Waals surface area (Å²) in [4.78, 5) is 4.89. The number of rotatable bonds is 2. The van der Waals surface area contributed by atoms with E-state index in [0.29, 0.717) is 0 Å². The third-order valence-electron chi connectivity index (χ3n) is 4.69. The Hall–Kier alpha value is -1.51. The van der Waals surface area contributed by atoms with Crippen LogP contribution in [0.2, 0.25) is 0 Å². The van der Waals surface area contributed by atoms with Crippen molar-refractivity contribution in [2.45, 2.75) is 58.9 Å². The molecular weight excluding hydrogens is 258 g/mol. The van der Waals surface area contributed by atoms with Crippen LogP contribution in [-0.4, -0.2) is 9.55 Å². The Morgan fingerprint density at radius 3 is 2.67 bits per heavy atom. The van der Waals surface area contributed by atoms with Gasteiger partial charge in [-0.15, -0.1) is 0 Å². The highest BCUT2D eigenvalue weighted by Crippen LogP contribution is 2.34. The van der Waals surface area contributed by atoms with Crippen LogP contribution in [0.25, 0.3) is 11.0 Å². The average molecular weight is 285 g/mol. The van der Waals surface area contributed by atoms with Gasteiger partial charge in [-0.05, 0) is 42.9 Å². The van der Waals surface area contributed by atoms with Crippen molar-refractivity contribution in [2.75, 3.05) is 5.73 Å². The molecule has 1 aliphatic carbocycles. The Balaban J connectivity index is 2.05. The Morgan fingerprint density at radius 1 is 1.29 bits per heavy atom. The summed E-state index contributed by atoms with van der Waals surface area (Å²) in [5.41, 5.74) is 9.04. The van der Waals surface area contributed by atoms with Crippen LogP contribution in [0.3, 0.4) is 0 Å². The van der Waals surface area contributed by atoms with E-state index in [9.17, 15) is 0 Å². The summed E-state index contributed by atoms with van der Waals surface area (Å²) in [6.45, 7) is 10.2. The smallest absolute Gasteiger partial charge is 0.115 e. The van der Waals surface area contributed by atoms with Gasteiger partial charge in [-0.2, -0.15) is 0 Å². The third kappa shape index (κ3) is 2.78. The van der Waals surface area contributed by atoms with Crippen LogP contribution >= 0.6 is 0 Å². The minimum absolute atomic E-state index is 0.0536. The zero-order chi connectivity index (χ0) is 15.2. The molecule has 0 bridgehead atoms. The topological polar surface area (TPSA) is 43.8 Å². The van der Waals surface area contributed by atoms with Gasteiger partial charge in [0.2, 0.25) is 0 Å². The number of nitrogens with zero attached hydrogens (tertiary/aromatic N) is 2. The first-order chi connectivity index (χ1) is 9.84. The average Bonchev–Trinajstić information content (AvgIpc) is 2.93. The van der Waals surface area contributed by atoms with E-state index in [1.807, 2.05) is 12.1 Å². The molecule has 1 aromatic carbocycles. The molecule has 21 heavy (non-hydrogen) atoms. The van der Waals surface area contributed by atoms with Crippen molar-refractivity contribution in [2.24, 2.45) is 11.8 Å². The van der Waals surface area contributed by atoms with Crippen molar-refractivity contribution in [1.29, 1.82) is 0 Å². The summed E-state index contributed by atoms with van der Waals surface area (Å²) in [5, 5.41) is 0. The van der Waals surface area contributed by atoms with E-state index in [1.165, 1.54) is 30.6 Å². The first-order valence-electron chi connectivity index (χ1n) is 8.11. The normalized spacial score (nSPS) is 23.0. The quantitative estimate of drug-likeness (QED) is 0.833. The zero-order valence-electron chi connectivity index (χ0n) is 13.7. The number of anilines is 1. The summed E-state index contributed by atoms with van der Waals surface area (Å²) in [6.07, 6.45) is 4.06. The monoisotopic (exact) mass is 285 g/mol. The minimum Gasteiger partial charge on any atom is -0.399 e. The highest BCUT2D eigenvalue weighted by molar-refractivity contribution is 5.79. The van der Waals surface area contributed by atoms with Gasteiger partial charge in [-0.3, -0.25) is 0 Å². The lowest BCUT2D eigenvalue weighted by atomic mass is 9.95. The molecule has 2 N–H and O–H groups in total. The molecule has 3 heteroatoms. The third-order valence-corrected chi connectivity index (χ3v) is 4.69.